The Kier molecular flexibility index (Phi) is 10.2. The summed E-state index contributed by atoms with van der Waals surface area (Å²) in [7, 11) is 0. The SMILES string of the molecule is c1ccc(-c2ccc(N(c3ccc(-c4cc(-c5cccc6oc7ccccc7c56)cc(-c5cccc6c5c5ccccc5n6-c5ccccc5)c4)cc3)c3ccc(-c4ccc5ccccc5c4)cc3)cc2)cc1. The number of fused-ring (bicyclic) bond motifs is 7. The summed E-state index contributed by atoms with van der Waals surface area (Å²) < 4.78 is 8.87. The first-order valence-electron chi connectivity index (χ1n) is 25.0. The summed E-state index contributed by atoms with van der Waals surface area (Å²) in [6.07, 6.45) is 0. The van der Waals surface area contributed by atoms with Crippen molar-refractivity contribution >= 4 is 71.6 Å². The molecule has 0 saturated heterocycles. The number of hydrogen-bond donors (Lipinski definition) is 0. The monoisotopic (exact) mass is 930 g/mol. The van der Waals surface area contributed by atoms with Crippen LogP contribution in [0, 0.1) is 0 Å². The summed E-state index contributed by atoms with van der Waals surface area (Å²) in [5.41, 5.74) is 20.1. The Morgan fingerprint density at radius 3 is 1.45 bits per heavy atom. The lowest BCUT2D eigenvalue weighted by molar-refractivity contribution is 0.669. The largest absolute Gasteiger partial charge is 0.456 e. The van der Waals surface area contributed by atoms with Crippen LogP contribution in [0.3, 0.4) is 0 Å². The third-order valence-electron chi connectivity index (χ3n) is 14.6. The highest BCUT2D eigenvalue weighted by molar-refractivity contribution is 6.17. The molecule has 0 aliphatic heterocycles. The second kappa shape index (κ2) is 17.6. The minimum Gasteiger partial charge on any atom is -0.456 e. The second-order valence-electron chi connectivity index (χ2n) is 18.9. The van der Waals surface area contributed by atoms with Crippen LogP contribution in [-0.4, -0.2) is 4.57 Å². The van der Waals surface area contributed by atoms with Gasteiger partial charge in [0, 0.05) is 44.3 Å². The molecule has 3 heteroatoms. The summed E-state index contributed by atoms with van der Waals surface area (Å²) in [6.45, 7) is 0. The van der Waals surface area contributed by atoms with E-state index in [1.54, 1.807) is 0 Å². The lowest BCUT2D eigenvalue weighted by Crippen LogP contribution is -2.09. The van der Waals surface area contributed by atoms with Crippen LogP contribution in [0.4, 0.5) is 17.1 Å². The molecule has 2 heterocycles. The lowest BCUT2D eigenvalue weighted by Gasteiger charge is -2.26. The van der Waals surface area contributed by atoms with Gasteiger partial charge in [0.05, 0.1) is 11.0 Å². The van der Waals surface area contributed by atoms with Crippen molar-refractivity contribution in [2.24, 2.45) is 0 Å². The summed E-state index contributed by atoms with van der Waals surface area (Å²) in [6, 6.07) is 101. The fourth-order valence-electron chi connectivity index (χ4n) is 11.1. The number of aromatic nitrogens is 1. The quantitative estimate of drug-likeness (QED) is 0.144. The standard InChI is InChI=1S/C70H46N2O/c1-3-15-47(16-4-1)49-31-37-58(38-32-49)71(59-39-33-50(34-40-59)53-30-29-48-17-7-8-18-52(48)43-53)60-41-35-51(36-42-60)54-44-55(46-56(45-54)62-24-14-28-68-70(62)64-22-10-12-27-67(64)73-68)61-23-13-26-66-69(61)63-21-9-11-25-65(63)72(66)57-19-5-2-6-20-57/h1-46H. The predicted molar refractivity (Wildman–Crippen MR) is 307 cm³/mol. The zero-order valence-corrected chi connectivity index (χ0v) is 39.9. The molecule has 73 heavy (non-hydrogen) atoms. The summed E-state index contributed by atoms with van der Waals surface area (Å²) >= 11 is 0. The fraction of sp³-hybridized carbons (Fsp3) is 0. The van der Waals surface area contributed by atoms with Gasteiger partial charge in [-0.2, -0.15) is 0 Å². The van der Waals surface area contributed by atoms with Crippen molar-refractivity contribution < 1.29 is 4.42 Å². The molecule has 0 radical (unpaired) electrons. The molecule has 0 unspecified atom stereocenters. The van der Waals surface area contributed by atoms with Crippen molar-refractivity contribution in [3.63, 3.8) is 0 Å². The van der Waals surface area contributed by atoms with E-state index in [0.29, 0.717) is 0 Å². The number of anilines is 3. The fourth-order valence-corrected chi connectivity index (χ4v) is 11.1. The minimum absolute atomic E-state index is 0.880. The molecule has 12 aromatic carbocycles. The van der Waals surface area contributed by atoms with Crippen LogP contribution in [-0.2, 0) is 0 Å². The minimum atomic E-state index is 0.880. The van der Waals surface area contributed by atoms with Crippen molar-refractivity contribution in [3.05, 3.63) is 279 Å². The highest BCUT2D eigenvalue weighted by Gasteiger charge is 2.20. The second-order valence-corrected chi connectivity index (χ2v) is 18.9. The molecule has 0 amide bonds. The molecule has 14 rings (SSSR count). The van der Waals surface area contributed by atoms with E-state index in [-0.39, 0.29) is 0 Å². The van der Waals surface area contributed by atoms with Gasteiger partial charge in [0.2, 0.25) is 0 Å². The maximum Gasteiger partial charge on any atom is 0.136 e. The van der Waals surface area contributed by atoms with Crippen molar-refractivity contribution in [2.45, 2.75) is 0 Å². The molecule has 0 bridgehead atoms. The number of rotatable bonds is 9. The Balaban J connectivity index is 0.920. The van der Waals surface area contributed by atoms with Gasteiger partial charge in [-0.05, 0) is 163 Å². The molecule has 0 aliphatic rings. The molecular formula is C70H46N2O. The molecule has 14 aromatic rings. The van der Waals surface area contributed by atoms with Gasteiger partial charge < -0.3 is 13.9 Å². The van der Waals surface area contributed by atoms with Crippen LogP contribution in [0.15, 0.2) is 283 Å². The number of para-hydroxylation sites is 3. The first kappa shape index (κ1) is 42.2. The van der Waals surface area contributed by atoms with Gasteiger partial charge in [-0.25, -0.2) is 0 Å². The molecule has 342 valence electrons. The van der Waals surface area contributed by atoms with Crippen LogP contribution < -0.4 is 4.90 Å². The van der Waals surface area contributed by atoms with Gasteiger partial charge in [-0.3, -0.25) is 0 Å². The number of furan rings is 1. The van der Waals surface area contributed by atoms with Crippen LogP contribution in [0.5, 0.6) is 0 Å². The highest BCUT2D eigenvalue weighted by Crippen LogP contribution is 2.45. The van der Waals surface area contributed by atoms with E-state index in [1.807, 2.05) is 6.07 Å². The van der Waals surface area contributed by atoms with Gasteiger partial charge in [0.1, 0.15) is 11.2 Å². The normalized spacial score (nSPS) is 11.6. The number of nitrogens with zero attached hydrogens (tertiary/aromatic N) is 2. The Hall–Kier alpha value is -9.70. The zero-order chi connectivity index (χ0) is 48.2. The molecule has 0 aliphatic carbocycles. The third-order valence-corrected chi connectivity index (χ3v) is 14.6. The van der Waals surface area contributed by atoms with E-state index < -0.39 is 0 Å². The van der Waals surface area contributed by atoms with Gasteiger partial charge in [0.25, 0.3) is 0 Å². The van der Waals surface area contributed by atoms with Gasteiger partial charge in [-0.15, -0.1) is 0 Å². The number of hydrogen-bond acceptors (Lipinski definition) is 2. The average molecular weight is 931 g/mol. The molecule has 0 atom stereocenters. The number of benzene rings is 12. The molecule has 2 aromatic heterocycles. The Labute approximate surface area is 423 Å². The summed E-state index contributed by atoms with van der Waals surface area (Å²) in [5, 5.41) is 7.16. The van der Waals surface area contributed by atoms with E-state index >= 15 is 0 Å². The van der Waals surface area contributed by atoms with Crippen LogP contribution >= 0.6 is 0 Å². The first-order chi connectivity index (χ1) is 36.2. The third kappa shape index (κ3) is 7.46. The molecular weight excluding hydrogens is 885 g/mol. The van der Waals surface area contributed by atoms with Crippen molar-refractivity contribution in [3.8, 4) is 61.3 Å². The van der Waals surface area contributed by atoms with Gasteiger partial charge >= 0.3 is 0 Å². The van der Waals surface area contributed by atoms with Crippen molar-refractivity contribution in [1.29, 1.82) is 0 Å². The average Bonchev–Trinajstić information content (AvgIpc) is 4.04. The maximum atomic E-state index is 6.47. The molecule has 0 spiro atoms. The van der Waals surface area contributed by atoms with Gasteiger partial charge in [-0.1, -0.05) is 182 Å². The van der Waals surface area contributed by atoms with Crippen molar-refractivity contribution in [2.75, 3.05) is 4.90 Å². The Morgan fingerprint density at radius 1 is 0.274 bits per heavy atom. The zero-order valence-electron chi connectivity index (χ0n) is 39.9. The molecule has 0 saturated carbocycles. The first-order valence-corrected chi connectivity index (χ1v) is 25.0. The Morgan fingerprint density at radius 2 is 0.753 bits per heavy atom. The summed E-state index contributed by atoms with van der Waals surface area (Å²) in [4.78, 5) is 2.36. The van der Waals surface area contributed by atoms with Crippen LogP contribution in [0.2, 0.25) is 0 Å². The van der Waals surface area contributed by atoms with Gasteiger partial charge in [0.15, 0.2) is 0 Å². The van der Waals surface area contributed by atoms with E-state index in [1.165, 1.54) is 60.4 Å². The Bertz CT molecular complexity index is 4340. The topological polar surface area (TPSA) is 21.3 Å². The smallest absolute Gasteiger partial charge is 0.136 e. The van der Waals surface area contributed by atoms with E-state index in [4.69, 9.17) is 4.42 Å². The van der Waals surface area contributed by atoms with Crippen LogP contribution in [0.25, 0.3) is 116 Å². The molecule has 0 N–H and O–H groups in total. The van der Waals surface area contributed by atoms with Crippen molar-refractivity contribution in [1.82, 2.24) is 4.57 Å². The predicted octanol–water partition coefficient (Wildman–Crippen LogP) is 19.6. The van der Waals surface area contributed by atoms with E-state index in [9.17, 15) is 0 Å². The maximum absolute atomic E-state index is 6.47. The van der Waals surface area contributed by atoms with E-state index in [2.05, 4.69) is 282 Å². The van der Waals surface area contributed by atoms with Crippen LogP contribution in [0.1, 0.15) is 0 Å². The molecule has 0 fully saturated rings. The lowest BCUT2D eigenvalue weighted by atomic mass is 9.90. The molecule has 3 nitrogen and oxygen atoms in total. The summed E-state index contributed by atoms with van der Waals surface area (Å²) in [5.74, 6) is 0. The van der Waals surface area contributed by atoms with E-state index in [0.717, 1.165) is 72.5 Å². The highest BCUT2D eigenvalue weighted by atomic mass is 16.3.